The molecule has 1 saturated heterocycles. The zero-order valence-corrected chi connectivity index (χ0v) is 14.5. The summed E-state index contributed by atoms with van der Waals surface area (Å²) in [7, 11) is 2.13. The predicted molar refractivity (Wildman–Crippen MR) is 97.7 cm³/mol. The number of phenols is 1. The molecular formula is C18H22N6O. The van der Waals surface area contributed by atoms with Crippen LogP contribution in [0.3, 0.4) is 0 Å². The molecule has 0 amide bonds. The van der Waals surface area contributed by atoms with Crippen molar-refractivity contribution in [3.8, 4) is 17.0 Å². The van der Waals surface area contributed by atoms with E-state index >= 15 is 0 Å². The molecule has 1 aromatic carbocycles. The molecule has 4 rings (SSSR count). The Balaban J connectivity index is 1.71. The molecule has 25 heavy (non-hydrogen) atoms. The number of likely N-dealkylation sites (N-methyl/N-ethyl adjacent to an activating group) is 1. The van der Waals surface area contributed by atoms with Gasteiger partial charge in [0.15, 0.2) is 5.82 Å². The second kappa shape index (κ2) is 6.33. The molecule has 2 aromatic heterocycles. The summed E-state index contributed by atoms with van der Waals surface area (Å²) < 4.78 is 0. The van der Waals surface area contributed by atoms with Crippen molar-refractivity contribution in [1.29, 1.82) is 0 Å². The van der Waals surface area contributed by atoms with Crippen LogP contribution < -0.4 is 5.32 Å². The highest BCUT2D eigenvalue weighted by atomic mass is 16.3. The average Bonchev–Trinajstić information content (AvgIpc) is 3.06. The SMILES string of the molecule is Cc1ccc(-c2nnc(NC3CCCN(C)C3)c3[nH]cnc23)c(O)c1. The van der Waals surface area contributed by atoms with E-state index in [0.29, 0.717) is 28.6 Å². The van der Waals surface area contributed by atoms with Crippen LogP contribution >= 0.6 is 0 Å². The van der Waals surface area contributed by atoms with E-state index in [-0.39, 0.29) is 5.75 Å². The predicted octanol–water partition coefficient (Wildman–Crippen LogP) is 2.54. The number of aromatic hydroxyl groups is 1. The molecule has 7 heteroatoms. The Morgan fingerprint density at radius 3 is 3.00 bits per heavy atom. The number of H-pyrrole nitrogens is 1. The summed E-state index contributed by atoms with van der Waals surface area (Å²) in [5.74, 6) is 0.899. The topological polar surface area (TPSA) is 90.0 Å². The number of imidazole rings is 1. The molecule has 0 spiro atoms. The molecule has 3 N–H and O–H groups in total. The number of benzene rings is 1. The molecule has 1 atom stereocenters. The largest absolute Gasteiger partial charge is 0.507 e. The van der Waals surface area contributed by atoms with Crippen LogP contribution in [0.15, 0.2) is 24.5 Å². The van der Waals surface area contributed by atoms with Gasteiger partial charge >= 0.3 is 0 Å². The fourth-order valence-corrected chi connectivity index (χ4v) is 3.45. The van der Waals surface area contributed by atoms with E-state index in [1.807, 2.05) is 19.1 Å². The van der Waals surface area contributed by atoms with E-state index in [1.165, 1.54) is 6.42 Å². The summed E-state index contributed by atoms with van der Waals surface area (Å²) in [6, 6.07) is 5.86. The number of aromatic amines is 1. The van der Waals surface area contributed by atoms with Gasteiger partial charge in [-0.05, 0) is 51.1 Å². The van der Waals surface area contributed by atoms with Crippen LogP contribution in [0.1, 0.15) is 18.4 Å². The molecule has 1 fully saturated rings. The van der Waals surface area contributed by atoms with Crippen LogP contribution in [0.25, 0.3) is 22.3 Å². The van der Waals surface area contributed by atoms with Crippen LogP contribution in [0.2, 0.25) is 0 Å². The Kier molecular flexibility index (Phi) is 4.01. The van der Waals surface area contributed by atoms with Crippen LogP contribution in [-0.2, 0) is 0 Å². The Morgan fingerprint density at radius 2 is 2.20 bits per heavy atom. The summed E-state index contributed by atoms with van der Waals surface area (Å²) >= 11 is 0. The van der Waals surface area contributed by atoms with Crippen LogP contribution in [0.4, 0.5) is 5.82 Å². The number of aryl methyl sites for hydroxylation is 1. The monoisotopic (exact) mass is 338 g/mol. The summed E-state index contributed by atoms with van der Waals surface area (Å²) in [5.41, 5.74) is 3.74. The Bertz CT molecular complexity index is 906. The van der Waals surface area contributed by atoms with Crippen LogP contribution in [-0.4, -0.2) is 56.4 Å². The molecular weight excluding hydrogens is 316 g/mol. The quantitative estimate of drug-likeness (QED) is 0.680. The van der Waals surface area contributed by atoms with Crippen LogP contribution in [0.5, 0.6) is 5.75 Å². The molecule has 1 unspecified atom stereocenters. The van der Waals surface area contributed by atoms with Crippen molar-refractivity contribution in [2.45, 2.75) is 25.8 Å². The lowest BCUT2D eigenvalue weighted by atomic mass is 10.1. The minimum Gasteiger partial charge on any atom is -0.507 e. The zero-order valence-electron chi connectivity index (χ0n) is 14.5. The second-order valence-corrected chi connectivity index (χ2v) is 6.79. The number of aromatic nitrogens is 4. The first-order chi connectivity index (χ1) is 12.1. The molecule has 0 bridgehead atoms. The van der Waals surface area contributed by atoms with Crippen molar-refractivity contribution in [3.63, 3.8) is 0 Å². The lowest BCUT2D eigenvalue weighted by molar-refractivity contribution is 0.261. The number of nitrogens with one attached hydrogen (secondary N) is 2. The number of nitrogens with zero attached hydrogens (tertiary/aromatic N) is 4. The van der Waals surface area contributed by atoms with E-state index in [4.69, 9.17) is 0 Å². The molecule has 130 valence electrons. The van der Waals surface area contributed by atoms with Gasteiger partial charge in [-0.15, -0.1) is 10.2 Å². The first kappa shape index (κ1) is 15.8. The summed E-state index contributed by atoms with van der Waals surface area (Å²) in [6.07, 6.45) is 3.92. The maximum Gasteiger partial charge on any atom is 0.175 e. The molecule has 3 heterocycles. The summed E-state index contributed by atoms with van der Waals surface area (Å²) in [5, 5.41) is 22.5. The highest BCUT2D eigenvalue weighted by Gasteiger charge is 2.21. The standard InChI is InChI=1S/C18H22N6O/c1-11-5-6-13(14(25)8-11)15-16-17(20-10-19-16)18(23-22-15)21-12-4-3-7-24(2)9-12/h5-6,8,10,12,25H,3-4,7,9H2,1-2H3,(H,19,20)(H,21,23). The highest BCUT2D eigenvalue weighted by Crippen LogP contribution is 2.33. The van der Waals surface area contributed by atoms with Crippen molar-refractivity contribution in [2.24, 2.45) is 0 Å². The number of piperidine rings is 1. The normalized spacial score (nSPS) is 18.6. The third-order valence-electron chi connectivity index (χ3n) is 4.72. The fourth-order valence-electron chi connectivity index (χ4n) is 3.45. The summed E-state index contributed by atoms with van der Waals surface area (Å²) in [6.45, 7) is 4.06. The number of hydrogen-bond donors (Lipinski definition) is 3. The maximum atomic E-state index is 10.3. The van der Waals surface area contributed by atoms with Gasteiger partial charge in [-0.2, -0.15) is 0 Å². The number of hydrogen-bond acceptors (Lipinski definition) is 6. The van der Waals surface area contributed by atoms with E-state index in [2.05, 4.69) is 37.4 Å². The van der Waals surface area contributed by atoms with Gasteiger partial charge in [-0.1, -0.05) is 6.07 Å². The lowest BCUT2D eigenvalue weighted by Crippen LogP contribution is -2.40. The fraction of sp³-hybridized carbons (Fsp3) is 0.389. The van der Waals surface area contributed by atoms with Gasteiger partial charge in [0.05, 0.1) is 6.33 Å². The van der Waals surface area contributed by atoms with Gasteiger partial charge in [0.2, 0.25) is 0 Å². The van der Waals surface area contributed by atoms with Gasteiger partial charge in [0.1, 0.15) is 22.5 Å². The van der Waals surface area contributed by atoms with Crippen molar-refractivity contribution in [2.75, 3.05) is 25.5 Å². The molecule has 0 aliphatic carbocycles. The third kappa shape index (κ3) is 3.02. The number of anilines is 1. The van der Waals surface area contributed by atoms with E-state index in [9.17, 15) is 5.11 Å². The van der Waals surface area contributed by atoms with Crippen molar-refractivity contribution in [1.82, 2.24) is 25.1 Å². The van der Waals surface area contributed by atoms with E-state index in [1.54, 1.807) is 12.4 Å². The van der Waals surface area contributed by atoms with E-state index in [0.717, 1.165) is 30.6 Å². The van der Waals surface area contributed by atoms with Gasteiger partial charge in [-0.25, -0.2) is 4.98 Å². The number of likely N-dealkylation sites (tertiary alicyclic amines) is 1. The molecule has 1 aliphatic heterocycles. The Morgan fingerprint density at radius 1 is 1.32 bits per heavy atom. The number of rotatable bonds is 3. The first-order valence-corrected chi connectivity index (χ1v) is 8.56. The lowest BCUT2D eigenvalue weighted by Gasteiger charge is -2.30. The first-order valence-electron chi connectivity index (χ1n) is 8.56. The molecule has 3 aromatic rings. The van der Waals surface area contributed by atoms with Crippen molar-refractivity contribution < 1.29 is 5.11 Å². The third-order valence-corrected chi connectivity index (χ3v) is 4.72. The minimum atomic E-state index is 0.188. The van der Waals surface area contributed by atoms with Crippen LogP contribution in [0, 0.1) is 6.92 Å². The minimum absolute atomic E-state index is 0.188. The van der Waals surface area contributed by atoms with Gasteiger partial charge in [-0.3, -0.25) is 0 Å². The van der Waals surface area contributed by atoms with Gasteiger partial charge in [0, 0.05) is 18.2 Å². The van der Waals surface area contributed by atoms with Gasteiger partial charge in [0.25, 0.3) is 0 Å². The molecule has 7 nitrogen and oxygen atoms in total. The zero-order chi connectivity index (χ0) is 17.4. The number of fused-ring (bicyclic) bond motifs is 1. The highest BCUT2D eigenvalue weighted by molar-refractivity contribution is 5.96. The smallest absolute Gasteiger partial charge is 0.175 e. The molecule has 0 radical (unpaired) electrons. The second-order valence-electron chi connectivity index (χ2n) is 6.79. The Labute approximate surface area is 146 Å². The van der Waals surface area contributed by atoms with Gasteiger partial charge < -0.3 is 20.3 Å². The molecule has 1 aliphatic rings. The Hall–Kier alpha value is -2.67. The average molecular weight is 338 g/mol. The molecule has 0 saturated carbocycles. The summed E-state index contributed by atoms with van der Waals surface area (Å²) in [4.78, 5) is 9.88. The number of phenolic OH excluding ortho intramolecular Hbond substituents is 1. The maximum absolute atomic E-state index is 10.3. The van der Waals surface area contributed by atoms with Crippen molar-refractivity contribution >= 4 is 16.9 Å². The van der Waals surface area contributed by atoms with E-state index < -0.39 is 0 Å². The van der Waals surface area contributed by atoms with Crippen molar-refractivity contribution in [3.05, 3.63) is 30.1 Å².